The standard InChI is InChI=1S/C9H15N3O/c1-10-6-8-11(2)9-5-3-4-7-12(9)13/h3-5,7,10H,6,8H2,1-2H3. The minimum absolute atomic E-state index is 0.678. The van der Waals surface area contributed by atoms with Crippen LogP contribution in [-0.4, -0.2) is 27.2 Å². The lowest BCUT2D eigenvalue weighted by Crippen LogP contribution is -2.38. The molecule has 0 amide bonds. The molecule has 0 radical (unpaired) electrons. The van der Waals surface area contributed by atoms with E-state index >= 15 is 0 Å². The van der Waals surface area contributed by atoms with Crippen molar-refractivity contribution in [1.29, 1.82) is 0 Å². The maximum atomic E-state index is 11.3. The molecule has 0 aromatic carbocycles. The molecule has 1 rings (SSSR count). The van der Waals surface area contributed by atoms with Crippen molar-refractivity contribution in [2.45, 2.75) is 0 Å². The fourth-order valence-electron chi connectivity index (χ4n) is 1.11. The molecule has 4 heteroatoms. The Morgan fingerprint density at radius 1 is 1.54 bits per heavy atom. The van der Waals surface area contributed by atoms with E-state index in [0.717, 1.165) is 17.8 Å². The second kappa shape index (κ2) is 4.67. The summed E-state index contributed by atoms with van der Waals surface area (Å²) in [4.78, 5) is 1.92. The largest absolute Gasteiger partial charge is 0.711 e. The van der Waals surface area contributed by atoms with Crippen LogP contribution >= 0.6 is 0 Å². The van der Waals surface area contributed by atoms with Gasteiger partial charge < -0.3 is 10.5 Å². The van der Waals surface area contributed by atoms with E-state index in [1.165, 1.54) is 6.20 Å². The molecule has 0 aliphatic heterocycles. The Labute approximate surface area is 78.4 Å². The van der Waals surface area contributed by atoms with Crippen LogP contribution < -0.4 is 14.9 Å². The monoisotopic (exact) mass is 181 g/mol. The van der Waals surface area contributed by atoms with Crippen molar-refractivity contribution in [3.8, 4) is 0 Å². The Kier molecular flexibility index (Phi) is 3.52. The summed E-state index contributed by atoms with van der Waals surface area (Å²) in [7, 11) is 3.80. The summed E-state index contributed by atoms with van der Waals surface area (Å²) in [6, 6.07) is 5.39. The summed E-state index contributed by atoms with van der Waals surface area (Å²) in [5.74, 6) is 0.678. The van der Waals surface area contributed by atoms with Crippen LogP contribution in [0.15, 0.2) is 24.4 Å². The first-order valence-electron chi connectivity index (χ1n) is 4.29. The number of nitrogens with zero attached hydrogens (tertiary/aromatic N) is 2. The number of hydrogen-bond acceptors (Lipinski definition) is 3. The van der Waals surface area contributed by atoms with Gasteiger partial charge in [-0.15, -0.1) is 0 Å². The van der Waals surface area contributed by atoms with E-state index in [1.807, 2.05) is 31.1 Å². The molecule has 1 heterocycles. The lowest BCUT2D eigenvalue weighted by molar-refractivity contribution is -0.592. The van der Waals surface area contributed by atoms with Crippen LogP contribution in [0.1, 0.15) is 0 Å². The third kappa shape index (κ3) is 2.59. The number of pyridine rings is 1. The van der Waals surface area contributed by atoms with E-state index < -0.39 is 0 Å². The molecule has 72 valence electrons. The van der Waals surface area contributed by atoms with Crippen LogP contribution in [0.25, 0.3) is 0 Å². The predicted molar refractivity (Wildman–Crippen MR) is 52.6 cm³/mol. The molecule has 0 bridgehead atoms. The molecule has 0 aliphatic rings. The fourth-order valence-corrected chi connectivity index (χ4v) is 1.11. The topological polar surface area (TPSA) is 42.2 Å². The van der Waals surface area contributed by atoms with Crippen LogP contribution in [0, 0.1) is 5.21 Å². The molecule has 0 saturated heterocycles. The highest BCUT2D eigenvalue weighted by atomic mass is 16.5. The smallest absolute Gasteiger partial charge is 0.279 e. The van der Waals surface area contributed by atoms with Gasteiger partial charge in [-0.2, -0.15) is 0 Å². The lowest BCUT2D eigenvalue weighted by Gasteiger charge is -2.15. The maximum Gasteiger partial charge on any atom is 0.279 e. The Balaban J connectivity index is 2.65. The molecule has 4 nitrogen and oxygen atoms in total. The molecule has 0 unspecified atom stereocenters. The molecular weight excluding hydrogens is 166 g/mol. The predicted octanol–water partition coefficient (Wildman–Crippen LogP) is -0.0244. The fraction of sp³-hybridized carbons (Fsp3) is 0.444. The third-order valence-corrected chi connectivity index (χ3v) is 1.89. The summed E-state index contributed by atoms with van der Waals surface area (Å²) < 4.78 is 0.871. The van der Waals surface area contributed by atoms with Gasteiger partial charge in [0.2, 0.25) is 0 Å². The summed E-state index contributed by atoms with van der Waals surface area (Å²) in [6.07, 6.45) is 1.51. The highest BCUT2D eigenvalue weighted by Gasteiger charge is 2.08. The highest BCUT2D eigenvalue weighted by molar-refractivity contribution is 5.30. The van der Waals surface area contributed by atoms with E-state index in [1.54, 1.807) is 6.07 Å². The van der Waals surface area contributed by atoms with Crippen molar-refractivity contribution < 1.29 is 4.73 Å². The first kappa shape index (κ1) is 9.80. The Morgan fingerprint density at radius 2 is 2.31 bits per heavy atom. The summed E-state index contributed by atoms with van der Waals surface area (Å²) >= 11 is 0. The Bertz CT molecular complexity index is 265. The number of anilines is 1. The number of nitrogens with one attached hydrogen (secondary N) is 1. The second-order valence-corrected chi connectivity index (χ2v) is 2.91. The van der Waals surface area contributed by atoms with Crippen LogP contribution in [0.2, 0.25) is 0 Å². The molecule has 1 aromatic heterocycles. The Morgan fingerprint density at radius 3 is 2.92 bits per heavy atom. The number of rotatable bonds is 4. The minimum Gasteiger partial charge on any atom is -0.711 e. The van der Waals surface area contributed by atoms with Crippen LogP contribution in [0.4, 0.5) is 5.82 Å². The SMILES string of the molecule is CNCCN(C)c1cccc[n+]1[O-]. The van der Waals surface area contributed by atoms with Gasteiger partial charge in [0.25, 0.3) is 5.82 Å². The van der Waals surface area contributed by atoms with Crippen LogP contribution in [-0.2, 0) is 0 Å². The van der Waals surface area contributed by atoms with Gasteiger partial charge in [0.1, 0.15) is 0 Å². The molecule has 0 saturated carbocycles. The molecule has 13 heavy (non-hydrogen) atoms. The normalized spacial score (nSPS) is 10.0. The molecule has 0 atom stereocenters. The highest BCUT2D eigenvalue weighted by Crippen LogP contribution is 2.02. The molecule has 0 aliphatic carbocycles. The van der Waals surface area contributed by atoms with Crippen molar-refractivity contribution in [3.05, 3.63) is 29.6 Å². The van der Waals surface area contributed by atoms with Crippen LogP contribution in [0.3, 0.4) is 0 Å². The molecule has 1 N–H and O–H groups in total. The molecule has 1 aromatic rings. The van der Waals surface area contributed by atoms with Crippen molar-refractivity contribution in [2.24, 2.45) is 0 Å². The molecule has 0 spiro atoms. The van der Waals surface area contributed by atoms with Crippen LogP contribution in [0.5, 0.6) is 0 Å². The zero-order valence-corrected chi connectivity index (χ0v) is 8.03. The number of aromatic nitrogens is 1. The van der Waals surface area contributed by atoms with E-state index in [9.17, 15) is 5.21 Å². The van der Waals surface area contributed by atoms with Crippen molar-refractivity contribution in [1.82, 2.24) is 5.32 Å². The second-order valence-electron chi connectivity index (χ2n) is 2.91. The zero-order valence-electron chi connectivity index (χ0n) is 8.03. The number of likely N-dealkylation sites (N-methyl/N-ethyl adjacent to an activating group) is 2. The van der Waals surface area contributed by atoms with Gasteiger partial charge >= 0.3 is 0 Å². The van der Waals surface area contributed by atoms with Gasteiger partial charge in [-0.05, 0) is 13.1 Å². The minimum atomic E-state index is 0.678. The first-order chi connectivity index (χ1) is 6.25. The van der Waals surface area contributed by atoms with E-state index in [2.05, 4.69) is 5.32 Å². The quantitative estimate of drug-likeness (QED) is 0.524. The van der Waals surface area contributed by atoms with Crippen molar-refractivity contribution in [2.75, 3.05) is 32.1 Å². The lowest BCUT2D eigenvalue weighted by atomic mass is 10.4. The number of hydrogen-bond donors (Lipinski definition) is 1. The average molecular weight is 181 g/mol. The van der Waals surface area contributed by atoms with Gasteiger partial charge in [-0.25, -0.2) is 4.73 Å². The summed E-state index contributed by atoms with van der Waals surface area (Å²) in [5, 5.41) is 14.3. The van der Waals surface area contributed by atoms with E-state index in [-0.39, 0.29) is 0 Å². The van der Waals surface area contributed by atoms with Crippen molar-refractivity contribution >= 4 is 5.82 Å². The first-order valence-corrected chi connectivity index (χ1v) is 4.29. The van der Waals surface area contributed by atoms with E-state index in [0.29, 0.717) is 5.82 Å². The third-order valence-electron chi connectivity index (χ3n) is 1.89. The summed E-state index contributed by atoms with van der Waals surface area (Å²) in [6.45, 7) is 1.69. The van der Waals surface area contributed by atoms with Gasteiger partial charge in [-0.3, -0.25) is 4.90 Å². The zero-order chi connectivity index (χ0) is 9.68. The van der Waals surface area contributed by atoms with Gasteiger partial charge in [0.05, 0.1) is 19.8 Å². The van der Waals surface area contributed by atoms with Gasteiger partial charge in [0, 0.05) is 12.6 Å². The average Bonchev–Trinajstić information content (AvgIpc) is 2.15. The summed E-state index contributed by atoms with van der Waals surface area (Å²) in [5.41, 5.74) is 0. The van der Waals surface area contributed by atoms with Gasteiger partial charge in [0.15, 0.2) is 0 Å². The Hall–Kier alpha value is -1.29. The van der Waals surface area contributed by atoms with E-state index in [4.69, 9.17) is 0 Å². The molecular formula is C9H15N3O. The van der Waals surface area contributed by atoms with Crippen molar-refractivity contribution in [3.63, 3.8) is 0 Å². The molecule has 0 fully saturated rings. The maximum absolute atomic E-state index is 11.3. The van der Waals surface area contributed by atoms with Gasteiger partial charge in [-0.1, -0.05) is 6.07 Å².